The number of carbonyl (C=O) groups excluding carboxylic acids is 2. The summed E-state index contributed by atoms with van der Waals surface area (Å²) in [7, 11) is 1.53. The Balaban J connectivity index is 1.42. The number of nitrogens with one attached hydrogen (secondary N) is 4. The van der Waals surface area contributed by atoms with Crippen molar-refractivity contribution in [2.45, 2.75) is 0 Å². The number of ether oxygens (including phenoxy) is 1. The zero-order valence-corrected chi connectivity index (χ0v) is 15.8. The van der Waals surface area contributed by atoms with Gasteiger partial charge in [0, 0.05) is 36.8 Å². The van der Waals surface area contributed by atoms with Crippen LogP contribution in [0, 0.1) is 0 Å². The maximum atomic E-state index is 12.3. The predicted octanol–water partition coefficient (Wildman–Crippen LogP) is 3.15. The molecule has 4 aromatic rings. The minimum Gasteiger partial charge on any atom is -0.457 e. The molecule has 150 valence electrons. The molecule has 0 aliphatic carbocycles. The van der Waals surface area contributed by atoms with Gasteiger partial charge in [-0.1, -0.05) is 11.3 Å². The first kappa shape index (κ1) is 18.9. The molecule has 0 aliphatic rings. The number of nitrogens with zero attached hydrogens (tertiary/aromatic N) is 3. The Hall–Kier alpha value is -4.47. The Morgan fingerprint density at radius 3 is 2.60 bits per heavy atom. The Morgan fingerprint density at radius 1 is 0.967 bits per heavy atom. The minimum absolute atomic E-state index is 0.243. The average Bonchev–Trinajstić information content (AvgIpc) is 3.21. The van der Waals surface area contributed by atoms with E-state index in [-0.39, 0.29) is 11.6 Å². The molecule has 0 saturated heterocycles. The number of carbonyl (C=O) groups is 2. The van der Waals surface area contributed by atoms with Gasteiger partial charge in [-0.3, -0.25) is 14.9 Å². The van der Waals surface area contributed by atoms with Gasteiger partial charge in [0.05, 0.1) is 5.52 Å². The van der Waals surface area contributed by atoms with Crippen LogP contribution in [-0.4, -0.2) is 39.4 Å². The molecule has 10 heteroatoms. The summed E-state index contributed by atoms with van der Waals surface area (Å²) in [6.07, 6.45) is 1.49. The molecular weight excluding hydrogens is 386 g/mol. The summed E-state index contributed by atoms with van der Waals surface area (Å²) < 4.78 is 5.78. The Bertz CT molecular complexity index is 1220. The number of H-pyrrole nitrogens is 1. The van der Waals surface area contributed by atoms with E-state index in [1.54, 1.807) is 48.5 Å². The van der Waals surface area contributed by atoms with Gasteiger partial charge in [0.25, 0.3) is 5.91 Å². The number of anilines is 2. The quantitative estimate of drug-likeness (QED) is 0.404. The second-order valence-electron chi connectivity index (χ2n) is 6.21. The van der Waals surface area contributed by atoms with Crippen molar-refractivity contribution in [3.8, 4) is 11.5 Å². The molecule has 2 heterocycles. The van der Waals surface area contributed by atoms with Crippen LogP contribution in [0.15, 0.2) is 60.8 Å². The lowest BCUT2D eigenvalue weighted by Crippen LogP contribution is -2.19. The van der Waals surface area contributed by atoms with Gasteiger partial charge in [0.15, 0.2) is 0 Å². The first-order valence-corrected chi connectivity index (χ1v) is 8.95. The second-order valence-corrected chi connectivity index (χ2v) is 6.21. The largest absolute Gasteiger partial charge is 0.457 e. The van der Waals surface area contributed by atoms with Gasteiger partial charge in [-0.05, 0) is 36.4 Å². The number of hydrogen-bond acceptors (Lipinski definition) is 6. The van der Waals surface area contributed by atoms with Gasteiger partial charge >= 0.3 is 6.03 Å². The molecule has 0 bridgehead atoms. The molecule has 4 N–H and O–H groups in total. The summed E-state index contributed by atoms with van der Waals surface area (Å²) in [6.45, 7) is 0. The number of benzene rings is 2. The molecule has 10 nitrogen and oxygen atoms in total. The normalized spacial score (nSPS) is 10.4. The smallest absolute Gasteiger partial charge is 0.323 e. The Morgan fingerprint density at radius 2 is 1.77 bits per heavy atom. The maximum absolute atomic E-state index is 12.3. The summed E-state index contributed by atoms with van der Waals surface area (Å²) in [5.74, 6) is 0.633. The van der Waals surface area contributed by atoms with Gasteiger partial charge in [0.1, 0.15) is 22.7 Å². The van der Waals surface area contributed by atoms with E-state index in [4.69, 9.17) is 4.74 Å². The third-order valence-electron chi connectivity index (χ3n) is 4.10. The number of urea groups is 1. The van der Waals surface area contributed by atoms with Crippen LogP contribution in [0.1, 0.15) is 10.5 Å². The molecule has 30 heavy (non-hydrogen) atoms. The molecule has 2 aromatic carbocycles. The van der Waals surface area contributed by atoms with Crippen molar-refractivity contribution in [2.24, 2.45) is 0 Å². The van der Waals surface area contributed by atoms with Gasteiger partial charge in [-0.2, -0.15) is 0 Å². The van der Waals surface area contributed by atoms with E-state index in [9.17, 15) is 9.59 Å². The average molecular weight is 403 g/mol. The van der Waals surface area contributed by atoms with Crippen LogP contribution in [0.25, 0.3) is 11.0 Å². The monoisotopic (exact) mass is 403 g/mol. The predicted molar refractivity (Wildman–Crippen MR) is 111 cm³/mol. The fourth-order valence-corrected chi connectivity index (χ4v) is 2.71. The summed E-state index contributed by atoms with van der Waals surface area (Å²) in [6, 6.07) is 14.9. The lowest BCUT2D eigenvalue weighted by atomic mass is 10.2. The summed E-state index contributed by atoms with van der Waals surface area (Å²) in [5, 5.41) is 18.4. The topological polar surface area (TPSA) is 134 Å². The van der Waals surface area contributed by atoms with Gasteiger partial charge in [-0.25, -0.2) is 4.79 Å². The third-order valence-corrected chi connectivity index (χ3v) is 4.10. The van der Waals surface area contributed by atoms with Gasteiger partial charge in [0.2, 0.25) is 0 Å². The van der Waals surface area contributed by atoms with Crippen molar-refractivity contribution in [3.05, 3.63) is 66.5 Å². The molecular formula is C20H17N7O3. The van der Waals surface area contributed by atoms with Gasteiger partial charge in [-0.15, -0.1) is 5.10 Å². The fourth-order valence-electron chi connectivity index (χ4n) is 2.71. The highest BCUT2D eigenvalue weighted by molar-refractivity contribution is 6.00. The number of aromatic nitrogens is 4. The van der Waals surface area contributed by atoms with Crippen LogP contribution in [-0.2, 0) is 0 Å². The SMILES string of the molecule is CNC(=O)c1cc(Oc2cccc(NC(=O)Nc3ccc4[nH]nnc4c3)c2)ccn1. The number of fused-ring (bicyclic) bond motifs is 1. The van der Waals surface area contributed by atoms with Crippen molar-refractivity contribution in [3.63, 3.8) is 0 Å². The van der Waals surface area contributed by atoms with Crippen LogP contribution in [0.3, 0.4) is 0 Å². The third kappa shape index (κ3) is 4.33. The second kappa shape index (κ2) is 8.27. The zero-order chi connectivity index (χ0) is 20.9. The van der Waals surface area contributed by atoms with E-state index in [1.807, 2.05) is 0 Å². The van der Waals surface area contributed by atoms with Crippen LogP contribution < -0.4 is 20.7 Å². The number of pyridine rings is 1. The first-order chi connectivity index (χ1) is 14.6. The molecule has 0 fully saturated rings. The van der Waals surface area contributed by atoms with Crippen molar-refractivity contribution in [1.82, 2.24) is 25.7 Å². The van der Waals surface area contributed by atoms with Crippen LogP contribution >= 0.6 is 0 Å². The molecule has 0 saturated carbocycles. The van der Waals surface area contributed by atoms with Crippen LogP contribution in [0.2, 0.25) is 0 Å². The molecule has 0 aliphatic heterocycles. The molecule has 0 radical (unpaired) electrons. The number of aromatic amines is 1. The highest BCUT2D eigenvalue weighted by Gasteiger charge is 2.08. The minimum atomic E-state index is -0.416. The number of amides is 3. The zero-order valence-electron chi connectivity index (χ0n) is 15.8. The molecule has 4 rings (SSSR count). The van der Waals surface area contributed by atoms with Gasteiger partial charge < -0.3 is 20.7 Å². The highest BCUT2D eigenvalue weighted by atomic mass is 16.5. The van der Waals surface area contributed by atoms with E-state index in [1.165, 1.54) is 19.3 Å². The van der Waals surface area contributed by atoms with E-state index in [0.29, 0.717) is 28.4 Å². The number of hydrogen-bond donors (Lipinski definition) is 4. The Labute approximate surface area is 170 Å². The maximum Gasteiger partial charge on any atom is 0.323 e. The number of rotatable bonds is 5. The highest BCUT2D eigenvalue weighted by Crippen LogP contribution is 2.24. The van der Waals surface area contributed by atoms with Crippen molar-refractivity contribution in [2.75, 3.05) is 17.7 Å². The first-order valence-electron chi connectivity index (χ1n) is 8.95. The van der Waals surface area contributed by atoms with E-state index < -0.39 is 6.03 Å². The molecule has 3 amide bonds. The van der Waals surface area contributed by atoms with Crippen molar-refractivity contribution < 1.29 is 14.3 Å². The summed E-state index contributed by atoms with van der Waals surface area (Å²) in [5.41, 5.74) is 2.79. The van der Waals surface area contributed by atoms with Crippen molar-refractivity contribution in [1.29, 1.82) is 0 Å². The lowest BCUT2D eigenvalue weighted by molar-refractivity contribution is 0.0958. The van der Waals surface area contributed by atoms with Crippen molar-refractivity contribution >= 4 is 34.3 Å². The van der Waals surface area contributed by atoms with E-state index >= 15 is 0 Å². The Kier molecular flexibility index (Phi) is 5.20. The summed E-state index contributed by atoms with van der Waals surface area (Å²) in [4.78, 5) is 28.0. The summed E-state index contributed by atoms with van der Waals surface area (Å²) >= 11 is 0. The fraction of sp³-hybridized carbons (Fsp3) is 0.0500. The van der Waals surface area contributed by atoms with E-state index in [2.05, 4.69) is 36.3 Å². The van der Waals surface area contributed by atoms with Crippen LogP contribution in [0.5, 0.6) is 11.5 Å². The van der Waals surface area contributed by atoms with E-state index in [0.717, 1.165) is 5.52 Å². The standard InChI is InChI=1S/C20H17N7O3/c1-21-19(28)18-11-15(7-8-22-18)30-14-4-2-3-12(9-14)23-20(29)24-13-5-6-16-17(10-13)26-27-25-16/h2-11H,1H3,(H,21,28)(H2,23,24,29)(H,25,26,27). The molecule has 0 unspecified atom stereocenters. The lowest BCUT2D eigenvalue weighted by Gasteiger charge is -2.10. The van der Waals surface area contributed by atoms with Crippen LogP contribution in [0.4, 0.5) is 16.2 Å². The molecule has 2 aromatic heterocycles. The molecule has 0 atom stereocenters. The molecule has 0 spiro atoms.